The summed E-state index contributed by atoms with van der Waals surface area (Å²) in [5.41, 5.74) is 10.8. The Kier molecular flexibility index (Phi) is 9.50. The number of anilines is 2. The number of fused-ring (bicyclic) bond motifs is 1. The topological polar surface area (TPSA) is 23.6 Å². The van der Waals surface area contributed by atoms with Crippen LogP contribution in [-0.2, 0) is 4.57 Å². The van der Waals surface area contributed by atoms with Crippen molar-refractivity contribution in [3.05, 3.63) is 57.6 Å². The van der Waals surface area contributed by atoms with Gasteiger partial charge in [0, 0.05) is 6.66 Å². The molecule has 1 aliphatic heterocycles. The first-order valence-corrected chi connectivity index (χ1v) is 18.7. The maximum Gasteiger partial charge on any atom is 0.260 e. The van der Waals surface area contributed by atoms with E-state index in [-0.39, 0.29) is 12.1 Å². The van der Waals surface area contributed by atoms with Gasteiger partial charge in [0.1, 0.15) is 0 Å². The molecule has 3 nitrogen and oxygen atoms in total. The van der Waals surface area contributed by atoms with Gasteiger partial charge in [0.2, 0.25) is 0 Å². The molecule has 2 aromatic carbocycles. The minimum atomic E-state index is -2.99. The summed E-state index contributed by atoms with van der Waals surface area (Å²) in [6.45, 7) is 29.8. The lowest BCUT2D eigenvalue weighted by atomic mass is 9.84. The molecule has 41 heavy (non-hydrogen) atoms. The molecule has 1 heterocycles. The van der Waals surface area contributed by atoms with Crippen molar-refractivity contribution >= 4 is 18.8 Å². The maximum atomic E-state index is 15.8. The summed E-state index contributed by atoms with van der Waals surface area (Å²) in [6.07, 6.45) is 4.64. The monoisotopic (exact) mass is 578 g/mol. The second-order valence-electron chi connectivity index (χ2n) is 15.0. The van der Waals surface area contributed by atoms with Gasteiger partial charge in [-0.05, 0) is 81.7 Å². The van der Waals surface area contributed by atoms with E-state index in [1.165, 1.54) is 57.6 Å². The van der Waals surface area contributed by atoms with Crippen LogP contribution >= 0.6 is 7.44 Å². The Morgan fingerprint density at radius 2 is 0.805 bits per heavy atom. The lowest BCUT2D eigenvalue weighted by Crippen LogP contribution is -2.41. The third-order valence-corrected chi connectivity index (χ3v) is 12.4. The molecular weight excluding hydrogens is 519 g/mol. The van der Waals surface area contributed by atoms with Gasteiger partial charge in [-0.15, -0.1) is 0 Å². The van der Waals surface area contributed by atoms with Gasteiger partial charge in [-0.3, -0.25) is 4.57 Å². The quantitative estimate of drug-likeness (QED) is 0.291. The van der Waals surface area contributed by atoms with E-state index in [9.17, 15) is 0 Å². The first kappa shape index (κ1) is 32.2. The van der Waals surface area contributed by atoms with E-state index >= 15 is 4.57 Å². The Hall–Kier alpha value is -1.73. The summed E-state index contributed by atoms with van der Waals surface area (Å²) in [5.74, 6) is 2.37. The summed E-state index contributed by atoms with van der Waals surface area (Å²) in [6, 6.07) is 10.3. The van der Waals surface area contributed by atoms with Crippen molar-refractivity contribution in [2.45, 2.75) is 156 Å². The molecule has 0 unspecified atom stereocenters. The first-order chi connectivity index (χ1) is 19.1. The third-order valence-electron chi connectivity index (χ3n) is 9.78. The highest BCUT2D eigenvalue weighted by Crippen LogP contribution is 2.67. The second kappa shape index (κ2) is 12.1. The van der Waals surface area contributed by atoms with Crippen LogP contribution in [-0.4, -0.2) is 18.7 Å². The van der Waals surface area contributed by atoms with Crippen LogP contribution in [0.25, 0.3) is 0 Å². The lowest BCUT2D eigenvalue weighted by molar-refractivity contribution is 0.407. The Morgan fingerprint density at radius 1 is 0.537 bits per heavy atom. The zero-order valence-corrected chi connectivity index (χ0v) is 29.4. The van der Waals surface area contributed by atoms with Crippen molar-refractivity contribution in [3.8, 4) is 0 Å². The molecule has 2 atom stereocenters. The number of hydrogen-bond acceptors (Lipinski definition) is 1. The van der Waals surface area contributed by atoms with Gasteiger partial charge in [-0.2, -0.15) is 0 Å². The van der Waals surface area contributed by atoms with Crippen LogP contribution in [0.15, 0.2) is 24.3 Å². The summed E-state index contributed by atoms with van der Waals surface area (Å²) in [5, 5.41) is 0. The number of nitrogens with zero attached hydrogens (tertiary/aromatic N) is 2. The second-order valence-corrected chi connectivity index (χ2v) is 17.5. The van der Waals surface area contributed by atoms with E-state index in [2.05, 4.69) is 123 Å². The van der Waals surface area contributed by atoms with E-state index in [0.29, 0.717) is 35.5 Å². The van der Waals surface area contributed by atoms with Crippen LogP contribution in [0.4, 0.5) is 11.4 Å². The molecule has 2 aliphatic rings. The molecule has 4 heteroatoms. The smallest absolute Gasteiger partial charge is 0.260 e. The Morgan fingerprint density at radius 3 is 1.02 bits per heavy atom. The number of hydrogen-bond donors (Lipinski definition) is 0. The van der Waals surface area contributed by atoms with Crippen molar-refractivity contribution in [1.82, 2.24) is 0 Å². The molecule has 0 amide bonds. The van der Waals surface area contributed by atoms with E-state index in [0.717, 1.165) is 12.8 Å². The Bertz CT molecular complexity index is 1130. The molecule has 2 aromatic rings. The average Bonchev–Trinajstić information content (AvgIpc) is 3.12. The molecule has 1 aliphatic carbocycles. The summed E-state index contributed by atoms with van der Waals surface area (Å²) < 4.78 is 20.8. The van der Waals surface area contributed by atoms with Gasteiger partial charge in [-0.1, -0.05) is 120 Å². The molecule has 2 fully saturated rings. The standard InChI is InChI=1S/C37H59N2OP/c1-22(2)28-18-30(24(5)6)36(31(19-28)25(7)8)38-34-16-14-15-17-35(34)39(41(38,13)40)37-32(26(9)10)20-29(23(3)4)21-33(37)27(11)12/h18-27,34-35H,14-17H2,1-13H3/t34-,35-/m1/s1. The van der Waals surface area contributed by atoms with Gasteiger partial charge >= 0.3 is 0 Å². The molecule has 228 valence electrons. The zero-order chi connectivity index (χ0) is 30.5. The highest BCUT2D eigenvalue weighted by Gasteiger charge is 2.55. The van der Waals surface area contributed by atoms with Gasteiger partial charge in [0.25, 0.3) is 7.44 Å². The fourth-order valence-electron chi connectivity index (χ4n) is 7.38. The molecule has 0 aromatic heterocycles. The van der Waals surface area contributed by atoms with Gasteiger partial charge in [0.05, 0.1) is 23.5 Å². The van der Waals surface area contributed by atoms with Crippen LogP contribution in [0.1, 0.15) is 178 Å². The Labute approximate surface area is 253 Å². The lowest BCUT2D eigenvalue weighted by Gasteiger charge is -2.38. The van der Waals surface area contributed by atoms with Gasteiger partial charge in [0.15, 0.2) is 0 Å². The van der Waals surface area contributed by atoms with Crippen LogP contribution < -0.4 is 9.34 Å². The van der Waals surface area contributed by atoms with Crippen molar-refractivity contribution in [2.75, 3.05) is 16.0 Å². The van der Waals surface area contributed by atoms with Gasteiger partial charge in [-0.25, -0.2) is 0 Å². The summed E-state index contributed by atoms with van der Waals surface area (Å²) in [7, 11) is -2.99. The molecule has 1 saturated carbocycles. The molecular formula is C37H59N2OP. The number of rotatable bonds is 8. The minimum Gasteiger partial charge on any atom is -0.301 e. The molecule has 1 saturated heterocycles. The van der Waals surface area contributed by atoms with Gasteiger partial charge < -0.3 is 9.34 Å². The molecule has 0 bridgehead atoms. The number of benzene rings is 2. The molecule has 0 N–H and O–H groups in total. The summed E-state index contributed by atoms with van der Waals surface area (Å²) >= 11 is 0. The van der Waals surface area contributed by atoms with E-state index in [4.69, 9.17) is 0 Å². The van der Waals surface area contributed by atoms with Crippen molar-refractivity contribution in [1.29, 1.82) is 0 Å². The molecule has 4 rings (SSSR count). The minimum absolute atomic E-state index is 0.268. The van der Waals surface area contributed by atoms with Crippen LogP contribution in [0.3, 0.4) is 0 Å². The predicted molar refractivity (Wildman–Crippen MR) is 182 cm³/mol. The Balaban J connectivity index is 2.06. The highest BCUT2D eigenvalue weighted by atomic mass is 31.2. The predicted octanol–water partition coefficient (Wildman–Crippen LogP) is 11.9. The van der Waals surface area contributed by atoms with Crippen molar-refractivity contribution in [2.24, 2.45) is 0 Å². The first-order valence-electron chi connectivity index (χ1n) is 16.6. The zero-order valence-electron chi connectivity index (χ0n) is 28.5. The van der Waals surface area contributed by atoms with E-state index < -0.39 is 7.44 Å². The molecule has 0 spiro atoms. The normalized spacial score (nSPS) is 21.0. The van der Waals surface area contributed by atoms with Crippen LogP contribution in [0.5, 0.6) is 0 Å². The molecule has 0 radical (unpaired) electrons. The third kappa shape index (κ3) is 5.79. The average molecular weight is 579 g/mol. The van der Waals surface area contributed by atoms with Crippen LogP contribution in [0, 0.1) is 0 Å². The fraction of sp³-hybridized carbons (Fsp3) is 0.676. The highest BCUT2D eigenvalue weighted by molar-refractivity contribution is 7.67. The maximum absolute atomic E-state index is 15.8. The summed E-state index contributed by atoms with van der Waals surface area (Å²) in [4.78, 5) is 0. The van der Waals surface area contributed by atoms with E-state index in [1.54, 1.807) is 0 Å². The largest absolute Gasteiger partial charge is 0.301 e. The van der Waals surface area contributed by atoms with Crippen LogP contribution in [0.2, 0.25) is 0 Å². The van der Waals surface area contributed by atoms with Crippen molar-refractivity contribution < 1.29 is 4.57 Å². The van der Waals surface area contributed by atoms with Crippen molar-refractivity contribution in [3.63, 3.8) is 0 Å². The van der Waals surface area contributed by atoms with E-state index in [1.807, 2.05) is 0 Å². The fourth-order valence-corrected chi connectivity index (χ4v) is 10.4. The SMILES string of the molecule is CC(C)c1cc(C(C)C)c(N2[C@@H]3CCCC[C@H]3N(c3c(C(C)C)cc(C(C)C)cc3C(C)C)P2(C)=O)c(C(C)C)c1.